The average Bonchev–Trinajstić information content (AvgIpc) is 3.31. The number of anilines is 1. The predicted octanol–water partition coefficient (Wildman–Crippen LogP) is 3.97. The van der Waals surface area contributed by atoms with E-state index < -0.39 is 68.8 Å². The number of carboxylic acid groups (broad SMARTS) is 1. The van der Waals surface area contributed by atoms with Gasteiger partial charge in [-0.1, -0.05) is 17.7 Å². The molecule has 10 nitrogen and oxygen atoms in total. The van der Waals surface area contributed by atoms with Crippen LogP contribution in [0.5, 0.6) is 11.5 Å². The predicted molar refractivity (Wildman–Crippen MR) is 155 cm³/mol. The van der Waals surface area contributed by atoms with Crippen LogP contribution in [0.4, 0.5) is 10.1 Å². The molecule has 0 radical (unpaired) electrons. The molecule has 2 saturated heterocycles. The number of ether oxygens (including phenoxy) is 1. The molecule has 2 aromatic rings. The molecule has 3 fully saturated rings. The van der Waals surface area contributed by atoms with Crippen molar-refractivity contribution in [2.24, 2.45) is 17.8 Å². The summed E-state index contributed by atoms with van der Waals surface area (Å²) in [6.45, 7) is -0.0706. The number of phenols is 1. The van der Waals surface area contributed by atoms with Crippen molar-refractivity contribution >= 4 is 58.5 Å². The van der Waals surface area contributed by atoms with E-state index in [1.165, 1.54) is 37.4 Å². The summed E-state index contributed by atoms with van der Waals surface area (Å²) in [6.07, 6.45) is 1.52. The summed E-state index contributed by atoms with van der Waals surface area (Å²) in [7, 11) is 1.34. The highest BCUT2D eigenvalue weighted by Crippen LogP contribution is 2.66. The number of rotatable bonds is 7. The number of aliphatic carboxylic acids is 1. The Labute approximate surface area is 261 Å². The van der Waals surface area contributed by atoms with Gasteiger partial charge in [0.05, 0.1) is 24.6 Å². The van der Waals surface area contributed by atoms with E-state index >= 15 is 0 Å². The fraction of sp³-hybridized carbons (Fsp3) is 0.387. The molecule has 0 spiro atoms. The van der Waals surface area contributed by atoms with Crippen molar-refractivity contribution < 1.29 is 43.3 Å². The maximum Gasteiger partial charge on any atom is 0.303 e. The Hall–Kier alpha value is -3.96. The Balaban J connectivity index is 1.49. The second kappa shape index (κ2) is 10.6. The average molecular weight is 645 g/mol. The number of nitrogens with zero attached hydrogens (tertiary/aromatic N) is 2. The molecule has 6 atom stereocenters. The third-order valence-electron chi connectivity index (χ3n) is 9.30. The molecule has 1 saturated carbocycles. The second-order valence-corrected chi connectivity index (χ2v) is 12.7. The number of halogens is 3. The van der Waals surface area contributed by atoms with E-state index in [0.717, 1.165) is 21.9 Å². The minimum atomic E-state index is -2.12. The van der Waals surface area contributed by atoms with E-state index in [4.69, 9.17) is 33.0 Å². The Morgan fingerprint density at radius 1 is 1.05 bits per heavy atom. The fourth-order valence-corrected chi connectivity index (χ4v) is 8.26. The van der Waals surface area contributed by atoms with Gasteiger partial charge < -0.3 is 14.9 Å². The van der Waals surface area contributed by atoms with Crippen molar-refractivity contribution in [3.8, 4) is 11.5 Å². The number of hydrogen-bond acceptors (Lipinski definition) is 7. The monoisotopic (exact) mass is 644 g/mol. The maximum atomic E-state index is 14.3. The lowest BCUT2D eigenvalue weighted by atomic mass is 9.56. The molecule has 2 N–H and O–H groups in total. The molecule has 2 aliphatic carbocycles. The smallest absolute Gasteiger partial charge is 0.303 e. The van der Waals surface area contributed by atoms with Crippen molar-refractivity contribution in [1.82, 2.24) is 4.90 Å². The van der Waals surface area contributed by atoms with Gasteiger partial charge in [0.2, 0.25) is 11.8 Å². The Morgan fingerprint density at radius 2 is 1.75 bits per heavy atom. The Morgan fingerprint density at radius 3 is 2.41 bits per heavy atom. The van der Waals surface area contributed by atoms with Gasteiger partial charge in [0, 0.05) is 18.9 Å². The van der Waals surface area contributed by atoms with Gasteiger partial charge in [-0.2, -0.15) is 0 Å². The Bertz CT molecular complexity index is 1650. The highest BCUT2D eigenvalue weighted by molar-refractivity contribution is 6.58. The number of carbonyl (C=O) groups is 5. The van der Waals surface area contributed by atoms with E-state index in [1.54, 1.807) is 6.08 Å². The molecule has 2 heterocycles. The minimum absolute atomic E-state index is 0.0597. The number of likely N-dealkylation sites (tertiary alicyclic amines) is 1. The van der Waals surface area contributed by atoms with Gasteiger partial charge in [0.15, 0.2) is 21.2 Å². The fourth-order valence-electron chi connectivity index (χ4n) is 7.32. The number of alkyl halides is 2. The summed E-state index contributed by atoms with van der Waals surface area (Å²) in [5.74, 6) is -7.94. The van der Waals surface area contributed by atoms with Crippen molar-refractivity contribution in [2.45, 2.75) is 41.3 Å². The first kappa shape index (κ1) is 30.1. The van der Waals surface area contributed by atoms with Crippen LogP contribution in [-0.2, 0) is 24.0 Å². The molecular weight excluding hydrogens is 618 g/mol. The van der Waals surface area contributed by atoms with Crippen LogP contribution in [0.15, 0.2) is 54.1 Å². The number of allylic oxidation sites excluding steroid dienone is 2. The molecule has 44 heavy (non-hydrogen) atoms. The number of carboxylic acids is 1. The van der Waals surface area contributed by atoms with Crippen LogP contribution in [0.1, 0.15) is 37.2 Å². The van der Waals surface area contributed by atoms with Gasteiger partial charge >= 0.3 is 5.97 Å². The first-order valence-corrected chi connectivity index (χ1v) is 14.8. The summed E-state index contributed by atoms with van der Waals surface area (Å²) in [6, 6.07) is 9.07. The van der Waals surface area contributed by atoms with Crippen molar-refractivity contribution in [2.75, 3.05) is 18.6 Å². The summed E-state index contributed by atoms with van der Waals surface area (Å²) < 4.78 is 19.1. The number of phenolic OH excluding ortho intramolecular Hbond substituents is 1. The van der Waals surface area contributed by atoms with E-state index in [2.05, 4.69) is 0 Å². The number of methoxy groups -OCH3 is 1. The summed E-state index contributed by atoms with van der Waals surface area (Å²) in [4.78, 5) is 64.5. The molecule has 4 aliphatic rings. The number of benzene rings is 2. The normalized spacial score (nSPS) is 31.0. The molecule has 230 valence electrons. The summed E-state index contributed by atoms with van der Waals surface area (Å²) >= 11 is 14.6. The molecule has 2 aliphatic heterocycles. The van der Waals surface area contributed by atoms with Crippen LogP contribution >= 0.6 is 23.2 Å². The summed E-state index contributed by atoms with van der Waals surface area (Å²) in [5, 5.41) is 19.4. The minimum Gasteiger partial charge on any atom is -0.504 e. The molecule has 6 rings (SSSR count). The third kappa shape index (κ3) is 4.16. The SMILES string of the molecule is COc1cc(C2C3=CCC4C(=O)N(CCCC(=O)O)C(=O)C4C3CC3(Cl)C(=O)N(c4ccc(F)cc4)C(=O)C23Cl)ccc1O. The number of fused-ring (bicyclic) bond motifs is 4. The van der Waals surface area contributed by atoms with Crippen LogP contribution in [-0.4, -0.2) is 68.1 Å². The lowest BCUT2D eigenvalue weighted by molar-refractivity contribution is -0.142. The van der Waals surface area contributed by atoms with E-state index in [9.17, 15) is 33.5 Å². The topological polar surface area (TPSA) is 142 Å². The largest absolute Gasteiger partial charge is 0.504 e. The number of imide groups is 2. The van der Waals surface area contributed by atoms with Crippen molar-refractivity contribution in [3.63, 3.8) is 0 Å². The molecule has 0 aromatic heterocycles. The van der Waals surface area contributed by atoms with Gasteiger partial charge in [-0.15, -0.1) is 23.2 Å². The van der Waals surface area contributed by atoms with Gasteiger partial charge in [0.25, 0.3) is 11.8 Å². The van der Waals surface area contributed by atoms with Crippen LogP contribution in [0.3, 0.4) is 0 Å². The molecule has 2 aromatic carbocycles. The third-order valence-corrected chi connectivity index (χ3v) is 10.7. The van der Waals surface area contributed by atoms with Crippen LogP contribution in [0.2, 0.25) is 0 Å². The zero-order valence-corrected chi connectivity index (χ0v) is 24.8. The van der Waals surface area contributed by atoms with Crippen LogP contribution in [0.25, 0.3) is 0 Å². The molecule has 0 bridgehead atoms. The van der Waals surface area contributed by atoms with Gasteiger partial charge in [-0.3, -0.25) is 28.9 Å². The van der Waals surface area contributed by atoms with Crippen molar-refractivity contribution in [3.05, 3.63) is 65.5 Å². The standard InChI is InChI=1S/C31H27Cl2FN2O8/c1-44-22-13-15(4-11-21(22)37)25-18-9-10-19-24(27(41)35(26(19)40)12-2-3-23(38)39)20(18)14-30(32)28(42)36(29(43)31(25,30)33)17-7-5-16(34)6-8-17/h4-9,11,13,19-20,24-25,37H,2-3,10,12,14H2,1H3,(H,38,39). The highest BCUT2D eigenvalue weighted by Gasteiger charge is 2.76. The van der Waals surface area contributed by atoms with Crippen LogP contribution in [0, 0.1) is 23.6 Å². The first-order chi connectivity index (χ1) is 20.8. The van der Waals surface area contributed by atoms with Gasteiger partial charge in [-0.05, 0) is 67.1 Å². The molecule has 6 unspecified atom stereocenters. The quantitative estimate of drug-likeness (QED) is 0.262. The second-order valence-electron chi connectivity index (χ2n) is 11.5. The maximum absolute atomic E-state index is 14.3. The lowest BCUT2D eigenvalue weighted by Gasteiger charge is -2.50. The van der Waals surface area contributed by atoms with E-state index in [1.807, 2.05) is 0 Å². The van der Waals surface area contributed by atoms with Crippen LogP contribution < -0.4 is 9.64 Å². The molecule has 4 amide bonds. The zero-order chi connectivity index (χ0) is 31.7. The highest BCUT2D eigenvalue weighted by atomic mass is 35.5. The van der Waals surface area contributed by atoms with Gasteiger partial charge in [0.1, 0.15) is 5.82 Å². The number of hydrogen-bond donors (Lipinski definition) is 2. The molecule has 13 heteroatoms. The van der Waals surface area contributed by atoms with Crippen molar-refractivity contribution in [1.29, 1.82) is 0 Å². The number of amides is 4. The number of carbonyl (C=O) groups excluding carboxylic acids is 4. The first-order valence-electron chi connectivity index (χ1n) is 14.0. The van der Waals surface area contributed by atoms with E-state index in [0.29, 0.717) is 11.1 Å². The zero-order valence-electron chi connectivity index (χ0n) is 23.3. The Kier molecular flexibility index (Phi) is 7.24. The van der Waals surface area contributed by atoms with Gasteiger partial charge in [-0.25, -0.2) is 9.29 Å². The summed E-state index contributed by atoms with van der Waals surface area (Å²) in [5.41, 5.74) is 0.983. The lowest BCUT2D eigenvalue weighted by Crippen LogP contribution is -2.60. The van der Waals surface area contributed by atoms with E-state index in [-0.39, 0.29) is 49.4 Å². The number of aromatic hydroxyl groups is 1. The molecular formula is C31H27Cl2FN2O8.